The highest BCUT2D eigenvalue weighted by atomic mass is 79.9. The number of hydrogen-bond acceptors (Lipinski definition) is 13. The van der Waals surface area contributed by atoms with Crippen LogP contribution in [0.3, 0.4) is 0 Å². The third-order valence-electron chi connectivity index (χ3n) is 8.05. The van der Waals surface area contributed by atoms with Crippen LogP contribution in [-0.4, -0.2) is 96.3 Å². The Labute approximate surface area is 352 Å². The molecule has 0 bridgehead atoms. The second-order valence-corrected chi connectivity index (χ2v) is 14.3. The molecule has 4 aromatic rings. The van der Waals surface area contributed by atoms with Crippen LogP contribution in [-0.2, 0) is 54.6 Å². The predicted molar refractivity (Wildman–Crippen MR) is 220 cm³/mol. The van der Waals surface area contributed by atoms with Gasteiger partial charge in [0.15, 0.2) is 11.6 Å². The van der Waals surface area contributed by atoms with E-state index in [-0.39, 0.29) is 50.8 Å². The van der Waals surface area contributed by atoms with Crippen molar-refractivity contribution < 1.29 is 42.9 Å². The lowest BCUT2D eigenvalue weighted by Crippen LogP contribution is -2.17. The van der Waals surface area contributed by atoms with Crippen molar-refractivity contribution in [1.82, 2.24) is 19.9 Å². The molecule has 2 aromatic carbocycles. The van der Waals surface area contributed by atoms with Crippen LogP contribution in [0.15, 0.2) is 36.4 Å². The van der Waals surface area contributed by atoms with E-state index in [9.17, 15) is 19.2 Å². The fourth-order valence-corrected chi connectivity index (χ4v) is 6.97. The molecule has 4 rings (SSSR count). The van der Waals surface area contributed by atoms with Crippen molar-refractivity contribution in [2.24, 2.45) is 0 Å². The van der Waals surface area contributed by atoms with E-state index in [0.29, 0.717) is 95.6 Å². The van der Waals surface area contributed by atoms with E-state index >= 15 is 0 Å². The Morgan fingerprint density at radius 2 is 0.782 bits per heavy atom. The van der Waals surface area contributed by atoms with Gasteiger partial charge < -0.3 is 23.7 Å². The van der Waals surface area contributed by atoms with Gasteiger partial charge in [-0.15, -0.1) is 0 Å². The van der Waals surface area contributed by atoms with Crippen LogP contribution in [0.2, 0.25) is 0 Å². The minimum Gasteiger partial charge on any atom is -0.393 e. The summed E-state index contributed by atoms with van der Waals surface area (Å²) in [4.78, 5) is 67.7. The summed E-state index contributed by atoms with van der Waals surface area (Å²) in [6.07, 6.45) is 1.60. The molecule has 17 heteroatoms. The van der Waals surface area contributed by atoms with Crippen LogP contribution in [0, 0.1) is 0 Å². The summed E-state index contributed by atoms with van der Waals surface area (Å²) in [6.45, 7) is 2.06. The summed E-state index contributed by atoms with van der Waals surface area (Å²) in [5.74, 6) is -1.36. The molecular weight excluding hydrogens is 976 g/mol. The van der Waals surface area contributed by atoms with Crippen molar-refractivity contribution in [2.45, 2.75) is 59.8 Å². The Balaban J connectivity index is 0.950. The third-order valence-corrected chi connectivity index (χ3v) is 10.2. The van der Waals surface area contributed by atoms with E-state index in [2.05, 4.69) is 83.7 Å². The van der Waals surface area contributed by atoms with Gasteiger partial charge in [0.1, 0.15) is 0 Å². The molecule has 0 saturated heterocycles. The van der Waals surface area contributed by atoms with E-state index in [4.69, 9.17) is 23.7 Å². The molecule has 0 spiro atoms. The third kappa shape index (κ3) is 15.0. The number of aromatic nitrogens is 4. The zero-order valence-electron chi connectivity index (χ0n) is 30.2. The summed E-state index contributed by atoms with van der Waals surface area (Å²) >= 11 is 13.7. The lowest BCUT2D eigenvalue weighted by Gasteiger charge is -2.08. The molecule has 0 radical (unpaired) electrons. The van der Waals surface area contributed by atoms with E-state index < -0.39 is 11.9 Å². The fourth-order valence-electron chi connectivity index (χ4n) is 5.17. The van der Waals surface area contributed by atoms with E-state index in [0.717, 1.165) is 33.8 Å². The van der Waals surface area contributed by atoms with Crippen LogP contribution in [0.4, 0.5) is 0 Å². The molecule has 0 aliphatic carbocycles. The van der Waals surface area contributed by atoms with Crippen molar-refractivity contribution in [3.8, 4) is 0 Å². The van der Waals surface area contributed by atoms with E-state index in [1.54, 1.807) is 24.3 Å². The number of fused-ring (bicyclic) bond motifs is 2. The number of carbonyl (C=O) groups excluding carboxylic acids is 4. The molecule has 0 saturated carbocycles. The zero-order valence-corrected chi connectivity index (χ0v) is 36.5. The van der Waals surface area contributed by atoms with Gasteiger partial charge in [0.2, 0.25) is 0 Å². The molecule has 2 aromatic heterocycles. The Morgan fingerprint density at radius 1 is 0.436 bits per heavy atom. The van der Waals surface area contributed by atoms with Crippen LogP contribution < -0.4 is 0 Å². The van der Waals surface area contributed by atoms with Gasteiger partial charge in [0.05, 0.1) is 97.3 Å². The molecule has 0 aliphatic heterocycles. The average molecular weight is 1020 g/mol. The number of esters is 2. The van der Waals surface area contributed by atoms with Crippen molar-refractivity contribution in [2.75, 3.05) is 52.9 Å². The number of alkyl halides is 4. The quantitative estimate of drug-likeness (QED) is 0.0198. The highest BCUT2D eigenvalue weighted by molar-refractivity contribution is 9.09. The fraction of sp³-hybridized carbons (Fsp3) is 0.474. The number of ether oxygens (including phenoxy) is 5. The Kier molecular flexibility index (Phi) is 20.4. The highest BCUT2D eigenvalue weighted by Crippen LogP contribution is 2.21. The monoisotopic (exact) mass is 1010 g/mol. The maximum Gasteiger partial charge on any atom is 0.315 e. The Bertz CT molecular complexity index is 1780. The second kappa shape index (κ2) is 24.9. The van der Waals surface area contributed by atoms with Crippen LogP contribution in [0.25, 0.3) is 22.1 Å². The normalized spacial score (nSPS) is 11.3. The van der Waals surface area contributed by atoms with Crippen LogP contribution in [0.5, 0.6) is 0 Å². The molecule has 296 valence electrons. The molecule has 0 fully saturated rings. The van der Waals surface area contributed by atoms with E-state index in [1.807, 2.05) is 12.1 Å². The minimum absolute atomic E-state index is 0.00244. The number of hydrogen-bond donors (Lipinski definition) is 0. The van der Waals surface area contributed by atoms with Gasteiger partial charge >= 0.3 is 11.9 Å². The van der Waals surface area contributed by atoms with Gasteiger partial charge in [-0.3, -0.25) is 19.2 Å². The SMILES string of the molecule is O=C(CCOCCOCCCC(=O)c1ccc2nc(CBr)c(CBr)nc2c1)OC(=O)CCOCCOCCCC(=O)c1ccc2nc(CBr)c(CBr)nc2c1. The molecule has 0 atom stereocenters. The first-order chi connectivity index (χ1) is 26.8. The lowest BCUT2D eigenvalue weighted by atomic mass is 10.1. The summed E-state index contributed by atoms with van der Waals surface area (Å²) < 4.78 is 26.6. The summed E-state index contributed by atoms with van der Waals surface area (Å²) in [5.41, 5.74) is 7.40. The minimum atomic E-state index is -0.682. The van der Waals surface area contributed by atoms with Crippen molar-refractivity contribution in [1.29, 1.82) is 0 Å². The van der Waals surface area contributed by atoms with Crippen LogP contribution >= 0.6 is 63.7 Å². The maximum absolute atomic E-state index is 12.7. The standard InChI is InChI=1S/C38H42Br4N4O9/c39-21-31-33(23-41)45-29-19-25(5-7-27(29)43-31)35(47)3-1-11-51-15-17-53-13-9-37(49)55-38(50)10-14-54-18-16-52-12-2-4-36(48)26-6-8-28-30(20-26)46-34(24-42)32(22-40)44-28/h5-8,19-20H,1-4,9-18,21-24H2. The Morgan fingerprint density at radius 3 is 1.15 bits per heavy atom. The maximum atomic E-state index is 12.7. The zero-order chi connectivity index (χ0) is 39.4. The smallest absolute Gasteiger partial charge is 0.315 e. The number of rotatable bonds is 26. The van der Waals surface area contributed by atoms with Gasteiger partial charge in [-0.05, 0) is 49.2 Å². The first-order valence-electron chi connectivity index (χ1n) is 17.7. The van der Waals surface area contributed by atoms with Crippen molar-refractivity contribution in [3.05, 3.63) is 70.3 Å². The molecular formula is C38H42Br4N4O9. The molecule has 0 N–H and O–H groups in total. The Hall–Kier alpha value is -2.64. The second-order valence-electron chi connectivity index (χ2n) is 12.0. The average Bonchev–Trinajstić information content (AvgIpc) is 3.20. The van der Waals surface area contributed by atoms with Gasteiger partial charge in [-0.1, -0.05) is 63.7 Å². The number of carbonyl (C=O) groups is 4. The molecule has 55 heavy (non-hydrogen) atoms. The summed E-state index contributed by atoms with van der Waals surface area (Å²) in [5, 5.41) is 2.36. The number of Topliss-reactive ketones (excluding diaryl/α,β-unsaturated/α-hetero) is 2. The topological polar surface area (TPSA) is 166 Å². The molecule has 0 unspecified atom stereocenters. The predicted octanol–water partition coefficient (Wildman–Crippen LogP) is 7.70. The first kappa shape index (κ1) is 45.1. The summed E-state index contributed by atoms with van der Waals surface area (Å²) in [6, 6.07) is 10.7. The van der Waals surface area contributed by atoms with Gasteiger partial charge in [0.25, 0.3) is 0 Å². The first-order valence-corrected chi connectivity index (χ1v) is 22.2. The number of ketones is 2. The molecule has 0 aliphatic rings. The highest BCUT2D eigenvalue weighted by Gasteiger charge is 2.14. The van der Waals surface area contributed by atoms with Gasteiger partial charge in [0, 0.05) is 58.5 Å². The lowest BCUT2D eigenvalue weighted by molar-refractivity contribution is -0.161. The van der Waals surface area contributed by atoms with Gasteiger partial charge in [-0.2, -0.15) is 0 Å². The van der Waals surface area contributed by atoms with Crippen molar-refractivity contribution >= 4 is 109 Å². The number of benzene rings is 2. The largest absolute Gasteiger partial charge is 0.393 e. The molecule has 2 heterocycles. The summed E-state index contributed by atoms with van der Waals surface area (Å²) in [7, 11) is 0. The molecule has 13 nitrogen and oxygen atoms in total. The number of halogens is 4. The molecule has 0 amide bonds. The number of nitrogens with zero attached hydrogens (tertiary/aromatic N) is 4. The van der Waals surface area contributed by atoms with Gasteiger partial charge in [-0.25, -0.2) is 19.9 Å². The van der Waals surface area contributed by atoms with Crippen LogP contribution in [0.1, 0.15) is 82.0 Å². The van der Waals surface area contributed by atoms with E-state index in [1.165, 1.54) is 0 Å². The van der Waals surface area contributed by atoms with Crippen molar-refractivity contribution in [3.63, 3.8) is 0 Å².